The lowest BCUT2D eigenvalue weighted by atomic mass is 10.1. The number of methoxy groups -OCH3 is 2. The number of esters is 1. The van der Waals surface area contributed by atoms with Gasteiger partial charge >= 0.3 is 5.97 Å². The monoisotopic (exact) mass is 428 g/mol. The topological polar surface area (TPSA) is 65.5 Å². The molecular formula is C26H24N2O4. The van der Waals surface area contributed by atoms with Crippen molar-refractivity contribution in [2.45, 2.75) is 13.5 Å². The zero-order chi connectivity index (χ0) is 22.2. The first-order valence-corrected chi connectivity index (χ1v) is 10.5. The molecule has 0 aliphatic rings. The number of hydrogen-bond acceptors (Lipinski definition) is 4. The number of hydrogen-bond donors (Lipinski definition) is 1. The van der Waals surface area contributed by atoms with Crippen molar-refractivity contribution in [2.24, 2.45) is 0 Å². The van der Waals surface area contributed by atoms with Gasteiger partial charge in [0.25, 0.3) is 0 Å². The molecule has 0 unspecified atom stereocenters. The standard InChI is InChI=1S/C26H24N2O4/c1-4-32-26(29)23-13-17-7-11-20-21-14-19(31-3)10-12-22(21)27-24(20)25(17)28(23)15-16-5-8-18(30-2)9-6-16/h5-14,27H,4,15H2,1-3H3. The van der Waals surface area contributed by atoms with Crippen molar-refractivity contribution in [1.29, 1.82) is 0 Å². The Labute approximate surface area is 185 Å². The number of ether oxygens (including phenoxy) is 3. The lowest BCUT2D eigenvalue weighted by molar-refractivity contribution is 0.0515. The molecule has 6 nitrogen and oxygen atoms in total. The van der Waals surface area contributed by atoms with Crippen molar-refractivity contribution in [2.75, 3.05) is 20.8 Å². The first kappa shape index (κ1) is 20.0. The number of aromatic amines is 1. The molecule has 0 fully saturated rings. The number of rotatable bonds is 6. The molecule has 32 heavy (non-hydrogen) atoms. The van der Waals surface area contributed by atoms with E-state index in [1.807, 2.05) is 60.0 Å². The van der Waals surface area contributed by atoms with Crippen LogP contribution in [0.5, 0.6) is 11.5 Å². The fraction of sp³-hybridized carbons (Fsp3) is 0.192. The van der Waals surface area contributed by atoms with Crippen LogP contribution in [0.3, 0.4) is 0 Å². The first-order valence-electron chi connectivity index (χ1n) is 10.5. The normalized spacial score (nSPS) is 11.3. The number of benzene rings is 3. The third-order valence-electron chi connectivity index (χ3n) is 5.82. The maximum Gasteiger partial charge on any atom is 0.354 e. The molecule has 2 heterocycles. The third-order valence-corrected chi connectivity index (χ3v) is 5.82. The van der Waals surface area contributed by atoms with Gasteiger partial charge in [-0.3, -0.25) is 0 Å². The van der Waals surface area contributed by atoms with Gasteiger partial charge in [-0.15, -0.1) is 0 Å². The average molecular weight is 428 g/mol. The van der Waals surface area contributed by atoms with Crippen LogP contribution in [0.4, 0.5) is 0 Å². The number of nitrogens with zero attached hydrogens (tertiary/aromatic N) is 1. The minimum Gasteiger partial charge on any atom is -0.497 e. The fourth-order valence-electron chi connectivity index (χ4n) is 4.28. The lowest BCUT2D eigenvalue weighted by Gasteiger charge is -2.11. The van der Waals surface area contributed by atoms with E-state index in [0.717, 1.165) is 49.8 Å². The fourth-order valence-corrected chi connectivity index (χ4v) is 4.28. The SMILES string of the molecule is CCOC(=O)c1cc2ccc3c4cc(OC)ccc4[nH]c3c2n1Cc1ccc(OC)cc1. The largest absolute Gasteiger partial charge is 0.497 e. The number of H-pyrrole nitrogens is 1. The van der Waals surface area contributed by atoms with Gasteiger partial charge in [-0.1, -0.05) is 24.3 Å². The van der Waals surface area contributed by atoms with Crippen LogP contribution in [-0.2, 0) is 11.3 Å². The second kappa shape index (κ2) is 7.96. The van der Waals surface area contributed by atoms with E-state index in [9.17, 15) is 4.79 Å². The Kier molecular flexibility index (Phi) is 4.98. The van der Waals surface area contributed by atoms with E-state index in [1.54, 1.807) is 14.2 Å². The second-order valence-corrected chi connectivity index (χ2v) is 7.65. The quantitative estimate of drug-likeness (QED) is 0.362. The molecule has 1 N–H and O–H groups in total. The molecule has 0 atom stereocenters. The van der Waals surface area contributed by atoms with Gasteiger partial charge in [-0.25, -0.2) is 4.79 Å². The molecule has 0 radical (unpaired) electrons. The highest BCUT2D eigenvalue weighted by Crippen LogP contribution is 2.35. The Balaban J connectivity index is 1.76. The van der Waals surface area contributed by atoms with Gasteiger partial charge in [-0.05, 0) is 48.9 Å². The first-order chi connectivity index (χ1) is 15.6. The van der Waals surface area contributed by atoms with E-state index in [4.69, 9.17) is 14.2 Å². The zero-order valence-electron chi connectivity index (χ0n) is 18.3. The van der Waals surface area contributed by atoms with Gasteiger partial charge in [0.15, 0.2) is 0 Å². The molecule has 0 aliphatic heterocycles. The molecule has 0 spiro atoms. The highest BCUT2D eigenvalue weighted by atomic mass is 16.5. The molecule has 0 saturated heterocycles. The van der Waals surface area contributed by atoms with Crippen molar-refractivity contribution in [1.82, 2.24) is 9.55 Å². The Morgan fingerprint density at radius 2 is 1.66 bits per heavy atom. The summed E-state index contributed by atoms with van der Waals surface area (Å²) in [6, 6.07) is 19.9. The van der Waals surface area contributed by atoms with E-state index < -0.39 is 0 Å². The molecule has 162 valence electrons. The van der Waals surface area contributed by atoms with Gasteiger partial charge in [0.05, 0.1) is 31.9 Å². The van der Waals surface area contributed by atoms with Crippen LogP contribution >= 0.6 is 0 Å². The summed E-state index contributed by atoms with van der Waals surface area (Å²) in [6.07, 6.45) is 0. The Morgan fingerprint density at radius 3 is 2.38 bits per heavy atom. The highest BCUT2D eigenvalue weighted by molar-refractivity contribution is 6.17. The lowest BCUT2D eigenvalue weighted by Crippen LogP contribution is -2.13. The van der Waals surface area contributed by atoms with Crippen LogP contribution in [0, 0.1) is 0 Å². The molecule has 6 heteroatoms. The zero-order valence-corrected chi connectivity index (χ0v) is 18.3. The van der Waals surface area contributed by atoms with E-state index >= 15 is 0 Å². The Bertz CT molecular complexity index is 1440. The number of carbonyl (C=O) groups is 1. The van der Waals surface area contributed by atoms with Gasteiger partial charge in [-0.2, -0.15) is 0 Å². The third kappa shape index (κ3) is 3.24. The molecule has 3 aromatic carbocycles. The molecule has 5 rings (SSSR count). The Hall–Kier alpha value is -3.93. The van der Waals surface area contributed by atoms with Crippen LogP contribution in [0.2, 0.25) is 0 Å². The van der Waals surface area contributed by atoms with Gasteiger partial charge in [0, 0.05) is 28.2 Å². The van der Waals surface area contributed by atoms with Crippen LogP contribution in [-0.4, -0.2) is 36.3 Å². The van der Waals surface area contributed by atoms with E-state index in [1.165, 1.54) is 0 Å². The summed E-state index contributed by atoms with van der Waals surface area (Å²) < 4.78 is 18.1. The molecular weight excluding hydrogens is 404 g/mol. The van der Waals surface area contributed by atoms with Crippen LogP contribution in [0.1, 0.15) is 23.0 Å². The number of carbonyl (C=O) groups excluding carboxylic acids is 1. The van der Waals surface area contributed by atoms with Crippen LogP contribution < -0.4 is 9.47 Å². The van der Waals surface area contributed by atoms with Crippen molar-refractivity contribution < 1.29 is 19.0 Å². The van der Waals surface area contributed by atoms with Crippen molar-refractivity contribution in [3.63, 3.8) is 0 Å². The minimum absolute atomic E-state index is 0.324. The maximum atomic E-state index is 12.8. The van der Waals surface area contributed by atoms with Crippen LogP contribution in [0.25, 0.3) is 32.7 Å². The summed E-state index contributed by atoms with van der Waals surface area (Å²) in [7, 11) is 3.31. The average Bonchev–Trinajstić information content (AvgIpc) is 3.37. The van der Waals surface area contributed by atoms with Crippen molar-refractivity contribution >= 4 is 38.7 Å². The van der Waals surface area contributed by atoms with Crippen LogP contribution in [0.15, 0.2) is 60.7 Å². The van der Waals surface area contributed by atoms with Crippen molar-refractivity contribution in [3.05, 3.63) is 71.9 Å². The summed E-state index contributed by atoms with van der Waals surface area (Å²) in [6.45, 7) is 2.67. The van der Waals surface area contributed by atoms with E-state index in [2.05, 4.69) is 17.1 Å². The van der Waals surface area contributed by atoms with Crippen molar-refractivity contribution in [3.8, 4) is 11.5 Å². The molecule has 0 amide bonds. The molecule has 5 aromatic rings. The maximum absolute atomic E-state index is 12.8. The number of fused-ring (bicyclic) bond motifs is 5. The second-order valence-electron chi connectivity index (χ2n) is 7.65. The number of nitrogens with one attached hydrogen (secondary N) is 1. The molecule has 0 aliphatic carbocycles. The Morgan fingerprint density at radius 1 is 0.906 bits per heavy atom. The summed E-state index contributed by atoms with van der Waals surface area (Å²) in [4.78, 5) is 16.4. The summed E-state index contributed by atoms with van der Waals surface area (Å²) in [5, 5.41) is 3.14. The predicted molar refractivity (Wildman–Crippen MR) is 126 cm³/mol. The summed E-state index contributed by atoms with van der Waals surface area (Å²) in [5.74, 6) is 1.27. The van der Waals surface area contributed by atoms with E-state index in [-0.39, 0.29) is 5.97 Å². The highest BCUT2D eigenvalue weighted by Gasteiger charge is 2.20. The summed E-state index contributed by atoms with van der Waals surface area (Å²) in [5.41, 5.74) is 4.56. The predicted octanol–water partition coefficient (Wildman–Crippen LogP) is 5.52. The minimum atomic E-state index is -0.330. The van der Waals surface area contributed by atoms with Gasteiger partial charge in [0.2, 0.25) is 0 Å². The summed E-state index contributed by atoms with van der Waals surface area (Å²) >= 11 is 0. The number of aromatic nitrogens is 2. The smallest absolute Gasteiger partial charge is 0.354 e. The molecule has 2 aromatic heterocycles. The van der Waals surface area contributed by atoms with E-state index in [0.29, 0.717) is 18.8 Å². The molecule has 0 saturated carbocycles. The van der Waals surface area contributed by atoms with Gasteiger partial charge in [0.1, 0.15) is 17.2 Å². The molecule has 0 bridgehead atoms. The van der Waals surface area contributed by atoms with Gasteiger partial charge < -0.3 is 23.8 Å².